The summed E-state index contributed by atoms with van der Waals surface area (Å²) in [6.07, 6.45) is 2.97. The highest BCUT2D eigenvalue weighted by atomic mass is 32.2. The monoisotopic (exact) mass is 568 g/mol. The summed E-state index contributed by atoms with van der Waals surface area (Å²) in [4.78, 5) is 48.8. The van der Waals surface area contributed by atoms with Crippen molar-refractivity contribution in [2.24, 2.45) is 0 Å². The minimum atomic E-state index is -4.12. The standard InChI is InChI=1S/C20H29N2O11PS2/c1-14-12-22(20(28)21-19(14)27)16-3-2-15(33-16)13-32-34(29,30-8-10-35-17(25)4-6-23)31-9-11-36-18(26)5-7-24/h2-3,12,15-16,23-24H,4-11,13H2,1H3,(H,21,27,28)/t15-,16?/m0/s1. The Kier molecular flexibility index (Phi) is 13.3. The fraction of sp³-hybridized carbons (Fsp3) is 0.600. The molecule has 0 bridgehead atoms. The number of phosphoric acid groups is 1. The van der Waals surface area contributed by atoms with E-state index in [2.05, 4.69) is 4.98 Å². The zero-order valence-corrected chi connectivity index (χ0v) is 22.1. The molecule has 0 saturated heterocycles. The summed E-state index contributed by atoms with van der Waals surface area (Å²) in [6.45, 7) is 0.450. The van der Waals surface area contributed by atoms with Gasteiger partial charge in [-0.3, -0.25) is 37.5 Å². The number of nitrogens with one attached hydrogen (secondary N) is 1. The first-order chi connectivity index (χ1) is 17.2. The van der Waals surface area contributed by atoms with Crippen molar-refractivity contribution in [3.63, 3.8) is 0 Å². The Morgan fingerprint density at radius 3 is 2.19 bits per heavy atom. The van der Waals surface area contributed by atoms with Gasteiger partial charge in [0.1, 0.15) is 6.10 Å². The molecule has 0 spiro atoms. The molecule has 2 rings (SSSR count). The second-order valence-corrected chi connectivity index (χ2v) is 11.2. The van der Waals surface area contributed by atoms with Gasteiger partial charge in [-0.15, -0.1) is 0 Å². The van der Waals surface area contributed by atoms with E-state index >= 15 is 0 Å². The molecule has 0 aliphatic carbocycles. The van der Waals surface area contributed by atoms with Crippen LogP contribution in [0, 0.1) is 6.92 Å². The van der Waals surface area contributed by atoms with Crippen molar-refractivity contribution in [1.82, 2.24) is 9.55 Å². The molecule has 1 aliphatic rings. The van der Waals surface area contributed by atoms with E-state index in [1.165, 1.54) is 10.8 Å². The molecule has 36 heavy (non-hydrogen) atoms. The number of rotatable bonds is 16. The molecular weight excluding hydrogens is 539 g/mol. The number of carbonyl (C=O) groups is 2. The summed E-state index contributed by atoms with van der Waals surface area (Å²) in [6, 6.07) is 0. The fourth-order valence-electron chi connectivity index (χ4n) is 2.73. The zero-order chi connectivity index (χ0) is 26.6. The summed E-state index contributed by atoms with van der Waals surface area (Å²) >= 11 is 1.80. The number of aliphatic hydroxyl groups excluding tert-OH is 2. The van der Waals surface area contributed by atoms with Crippen molar-refractivity contribution < 1.29 is 42.7 Å². The van der Waals surface area contributed by atoms with Gasteiger partial charge in [-0.2, -0.15) is 0 Å². The van der Waals surface area contributed by atoms with E-state index < -0.39 is 31.4 Å². The third-order valence-corrected chi connectivity index (χ3v) is 7.70. The van der Waals surface area contributed by atoms with Crippen LogP contribution in [0.1, 0.15) is 24.6 Å². The first kappa shape index (κ1) is 30.7. The molecule has 0 aromatic carbocycles. The molecule has 1 aromatic heterocycles. The van der Waals surface area contributed by atoms with Crippen LogP contribution >= 0.6 is 31.3 Å². The first-order valence-corrected chi connectivity index (χ1v) is 14.3. The fourth-order valence-corrected chi connectivity index (χ4v) is 5.42. The van der Waals surface area contributed by atoms with Crippen molar-refractivity contribution in [1.29, 1.82) is 0 Å². The molecule has 2 atom stereocenters. The van der Waals surface area contributed by atoms with Gasteiger partial charge >= 0.3 is 13.5 Å². The van der Waals surface area contributed by atoms with Crippen LogP contribution in [-0.2, 0) is 32.5 Å². The highest BCUT2D eigenvalue weighted by Gasteiger charge is 2.30. The van der Waals surface area contributed by atoms with Crippen molar-refractivity contribution in [2.45, 2.75) is 32.1 Å². The van der Waals surface area contributed by atoms with E-state index in [1.807, 2.05) is 0 Å². The summed E-state index contributed by atoms with van der Waals surface area (Å²) in [7, 11) is -4.12. The van der Waals surface area contributed by atoms with Crippen molar-refractivity contribution in [3.8, 4) is 0 Å². The van der Waals surface area contributed by atoms with E-state index in [-0.39, 0.29) is 67.6 Å². The van der Waals surface area contributed by atoms with Crippen LogP contribution < -0.4 is 11.2 Å². The van der Waals surface area contributed by atoms with Gasteiger partial charge in [0.15, 0.2) is 16.5 Å². The van der Waals surface area contributed by atoms with Gasteiger partial charge < -0.3 is 14.9 Å². The summed E-state index contributed by atoms with van der Waals surface area (Å²) in [5.74, 6) is 0.297. The van der Waals surface area contributed by atoms with E-state index in [4.69, 9.17) is 28.5 Å². The maximum Gasteiger partial charge on any atom is 0.474 e. The number of hydrogen-bond donors (Lipinski definition) is 3. The van der Waals surface area contributed by atoms with Crippen LogP contribution in [0.15, 0.2) is 27.9 Å². The number of carbonyl (C=O) groups excluding carboxylic acids is 2. The molecule has 16 heteroatoms. The molecule has 0 fully saturated rings. The van der Waals surface area contributed by atoms with Gasteiger partial charge in [0.05, 0.1) is 33.0 Å². The lowest BCUT2D eigenvalue weighted by atomic mass is 10.3. The number of H-pyrrole nitrogens is 1. The van der Waals surface area contributed by atoms with Gasteiger partial charge in [-0.1, -0.05) is 29.6 Å². The third kappa shape index (κ3) is 10.4. The lowest BCUT2D eigenvalue weighted by Crippen LogP contribution is -2.33. The highest BCUT2D eigenvalue weighted by molar-refractivity contribution is 8.13. The Labute approximate surface area is 215 Å². The average molecular weight is 569 g/mol. The number of aromatic nitrogens is 2. The summed E-state index contributed by atoms with van der Waals surface area (Å²) < 4.78 is 36.0. The summed E-state index contributed by atoms with van der Waals surface area (Å²) in [5.41, 5.74) is -0.829. The zero-order valence-electron chi connectivity index (χ0n) is 19.5. The highest BCUT2D eigenvalue weighted by Crippen LogP contribution is 2.50. The van der Waals surface area contributed by atoms with Gasteiger partial charge in [0.2, 0.25) is 0 Å². The smallest absolute Gasteiger partial charge is 0.396 e. The first-order valence-electron chi connectivity index (χ1n) is 10.9. The molecule has 1 aromatic rings. The van der Waals surface area contributed by atoms with Crippen LogP contribution in [0.4, 0.5) is 0 Å². The number of aryl methyl sites for hydroxylation is 1. The van der Waals surface area contributed by atoms with Crippen molar-refractivity contribution in [3.05, 3.63) is 44.8 Å². The second-order valence-electron chi connectivity index (χ2n) is 7.23. The molecule has 0 radical (unpaired) electrons. The van der Waals surface area contributed by atoms with Crippen LogP contribution in [0.25, 0.3) is 0 Å². The van der Waals surface area contributed by atoms with E-state index in [0.717, 1.165) is 23.5 Å². The normalized spacial score (nSPS) is 17.5. The molecule has 0 amide bonds. The Bertz CT molecular complexity index is 1040. The summed E-state index contributed by atoms with van der Waals surface area (Å²) in [5, 5.41) is 17.1. The van der Waals surface area contributed by atoms with Gasteiger partial charge in [0.25, 0.3) is 5.56 Å². The van der Waals surface area contributed by atoms with E-state index in [0.29, 0.717) is 5.56 Å². The number of thioether (sulfide) groups is 2. The SMILES string of the molecule is Cc1cn(C2C=C[C@@H](COP(=O)(OCCSC(=O)CCO)OCCSC(=O)CCO)O2)c(=O)[nH]c1=O. The van der Waals surface area contributed by atoms with Gasteiger partial charge in [-0.25, -0.2) is 9.36 Å². The topological polar surface area (TPSA) is 183 Å². The number of nitrogens with zero attached hydrogens (tertiary/aromatic N) is 1. The number of ether oxygens (including phenoxy) is 1. The number of aromatic amines is 1. The maximum atomic E-state index is 13.1. The number of aliphatic hydroxyl groups is 2. The minimum absolute atomic E-state index is 0.0150. The molecule has 1 unspecified atom stereocenters. The predicted molar refractivity (Wildman–Crippen MR) is 133 cm³/mol. The van der Waals surface area contributed by atoms with Gasteiger partial charge in [-0.05, 0) is 13.0 Å². The molecule has 13 nitrogen and oxygen atoms in total. The molecular formula is C20H29N2O11PS2. The average Bonchev–Trinajstić information content (AvgIpc) is 3.30. The Morgan fingerprint density at radius 1 is 1.06 bits per heavy atom. The second kappa shape index (κ2) is 15.6. The number of hydrogen-bond acceptors (Lipinski definition) is 13. The Hall–Kier alpha value is -1.55. The molecule has 1 aliphatic heterocycles. The Balaban J connectivity index is 1.92. The third-order valence-electron chi connectivity index (χ3n) is 4.44. The maximum absolute atomic E-state index is 13.1. The van der Waals surface area contributed by atoms with E-state index in [9.17, 15) is 23.7 Å². The quantitative estimate of drug-likeness (QED) is 0.144. The van der Waals surface area contributed by atoms with Crippen molar-refractivity contribution in [2.75, 3.05) is 44.5 Å². The Morgan fingerprint density at radius 2 is 1.64 bits per heavy atom. The molecule has 3 N–H and O–H groups in total. The largest absolute Gasteiger partial charge is 0.474 e. The number of phosphoric ester groups is 1. The molecule has 0 saturated carbocycles. The molecule has 2 heterocycles. The van der Waals surface area contributed by atoms with Crippen LogP contribution in [-0.4, -0.2) is 80.6 Å². The van der Waals surface area contributed by atoms with Gasteiger partial charge in [0, 0.05) is 36.1 Å². The van der Waals surface area contributed by atoms with Crippen molar-refractivity contribution >= 4 is 41.6 Å². The van der Waals surface area contributed by atoms with E-state index in [1.54, 1.807) is 19.1 Å². The van der Waals surface area contributed by atoms with Crippen LogP contribution in [0.2, 0.25) is 0 Å². The lowest BCUT2D eigenvalue weighted by Gasteiger charge is -2.20. The van der Waals surface area contributed by atoms with Crippen LogP contribution in [0.5, 0.6) is 0 Å². The van der Waals surface area contributed by atoms with Crippen LogP contribution in [0.3, 0.4) is 0 Å². The lowest BCUT2D eigenvalue weighted by molar-refractivity contribution is -0.112. The molecule has 202 valence electrons. The minimum Gasteiger partial charge on any atom is -0.396 e. The predicted octanol–water partition coefficient (Wildman–Crippen LogP) is 0.741.